The van der Waals surface area contributed by atoms with Gasteiger partial charge >= 0.3 is 0 Å². The highest BCUT2D eigenvalue weighted by Crippen LogP contribution is 2.23. The Morgan fingerprint density at radius 2 is 2.25 bits per heavy atom. The van der Waals surface area contributed by atoms with Gasteiger partial charge in [-0.3, -0.25) is 4.79 Å². The van der Waals surface area contributed by atoms with Crippen molar-refractivity contribution in [1.82, 2.24) is 5.43 Å². The van der Waals surface area contributed by atoms with Gasteiger partial charge in [0.15, 0.2) is 0 Å². The third-order valence-electron chi connectivity index (χ3n) is 2.78. The molecule has 20 heavy (non-hydrogen) atoms. The van der Waals surface area contributed by atoms with E-state index < -0.39 is 0 Å². The molecule has 5 nitrogen and oxygen atoms in total. The minimum Gasteiger partial charge on any atom is -0.507 e. The molecular formula is C14H14N2O3S. The van der Waals surface area contributed by atoms with Crippen LogP contribution in [-0.4, -0.2) is 22.3 Å². The van der Waals surface area contributed by atoms with Crippen LogP contribution in [0, 0.1) is 6.92 Å². The first-order valence-electron chi connectivity index (χ1n) is 5.92. The molecule has 0 saturated heterocycles. The zero-order valence-electron chi connectivity index (χ0n) is 10.8. The molecule has 0 fully saturated rings. The minimum atomic E-state index is -0.311. The van der Waals surface area contributed by atoms with Crippen LogP contribution in [0.15, 0.2) is 34.7 Å². The second kappa shape index (κ2) is 6.31. The summed E-state index contributed by atoms with van der Waals surface area (Å²) in [7, 11) is 0. The van der Waals surface area contributed by atoms with E-state index in [0.717, 1.165) is 0 Å². The number of hydrogen-bond donors (Lipinski definition) is 3. The summed E-state index contributed by atoms with van der Waals surface area (Å²) in [6.07, 6.45) is 1.33. The second-order valence-electron chi connectivity index (χ2n) is 4.14. The normalized spacial score (nSPS) is 10.9. The maximum absolute atomic E-state index is 11.7. The van der Waals surface area contributed by atoms with Crippen LogP contribution in [0.2, 0.25) is 0 Å². The number of rotatable bonds is 4. The lowest BCUT2D eigenvalue weighted by atomic mass is 10.0. The number of aryl methyl sites for hydroxylation is 1. The highest BCUT2D eigenvalue weighted by atomic mass is 32.1. The average Bonchev–Trinajstić information content (AvgIpc) is 2.97. The van der Waals surface area contributed by atoms with Gasteiger partial charge in [-0.15, -0.1) is 11.3 Å². The number of amides is 1. The van der Waals surface area contributed by atoms with Crippen LogP contribution >= 0.6 is 11.3 Å². The molecule has 0 spiro atoms. The smallest absolute Gasteiger partial charge is 0.281 e. The van der Waals surface area contributed by atoms with Gasteiger partial charge in [-0.05, 0) is 29.5 Å². The van der Waals surface area contributed by atoms with Crippen molar-refractivity contribution < 1.29 is 15.0 Å². The standard InChI is InChI=1S/C14H14N2O3S/c1-9-4-5-10(8-17)11(13(9)18)7-15-16-14(19)12-3-2-6-20-12/h2-7,17-18H,8H2,1H3,(H,16,19)/b15-7-. The average molecular weight is 290 g/mol. The van der Waals surface area contributed by atoms with Gasteiger partial charge in [0.1, 0.15) is 5.75 Å². The molecule has 0 aliphatic rings. The number of hydrazone groups is 1. The summed E-state index contributed by atoms with van der Waals surface area (Å²) in [5.74, 6) is -0.264. The van der Waals surface area contributed by atoms with E-state index >= 15 is 0 Å². The largest absolute Gasteiger partial charge is 0.507 e. The maximum atomic E-state index is 11.7. The van der Waals surface area contributed by atoms with Crippen LogP contribution in [0.3, 0.4) is 0 Å². The van der Waals surface area contributed by atoms with E-state index in [-0.39, 0.29) is 18.3 Å². The first-order valence-corrected chi connectivity index (χ1v) is 6.80. The number of benzene rings is 1. The van der Waals surface area contributed by atoms with Crippen LogP contribution in [-0.2, 0) is 6.61 Å². The van der Waals surface area contributed by atoms with E-state index in [2.05, 4.69) is 10.5 Å². The quantitative estimate of drug-likeness (QED) is 0.595. The monoisotopic (exact) mass is 290 g/mol. The molecule has 2 aromatic rings. The van der Waals surface area contributed by atoms with E-state index in [0.29, 0.717) is 21.6 Å². The van der Waals surface area contributed by atoms with Gasteiger partial charge in [-0.25, -0.2) is 5.43 Å². The molecule has 2 rings (SSSR count). The van der Waals surface area contributed by atoms with Gasteiger partial charge in [-0.2, -0.15) is 5.10 Å². The summed E-state index contributed by atoms with van der Waals surface area (Å²) < 4.78 is 0. The second-order valence-corrected chi connectivity index (χ2v) is 5.09. The predicted molar refractivity (Wildman–Crippen MR) is 78.1 cm³/mol. The molecule has 0 bridgehead atoms. The van der Waals surface area contributed by atoms with Gasteiger partial charge in [0.05, 0.1) is 17.7 Å². The van der Waals surface area contributed by atoms with Gasteiger partial charge < -0.3 is 10.2 Å². The first kappa shape index (κ1) is 14.2. The molecule has 3 N–H and O–H groups in total. The Morgan fingerprint density at radius 3 is 2.90 bits per heavy atom. The number of phenols is 1. The fourth-order valence-electron chi connectivity index (χ4n) is 1.66. The zero-order chi connectivity index (χ0) is 14.5. The molecule has 0 aliphatic heterocycles. The summed E-state index contributed by atoms with van der Waals surface area (Å²) in [5.41, 5.74) is 4.00. The van der Waals surface area contributed by atoms with Crippen LogP contribution < -0.4 is 5.43 Å². The van der Waals surface area contributed by atoms with Crippen LogP contribution in [0.4, 0.5) is 0 Å². The maximum Gasteiger partial charge on any atom is 0.281 e. The molecule has 0 aliphatic carbocycles. The molecule has 1 amide bonds. The Balaban J connectivity index is 2.15. The Labute approximate surface area is 120 Å². The number of aliphatic hydroxyl groups excluding tert-OH is 1. The van der Waals surface area contributed by atoms with E-state index in [1.54, 1.807) is 36.6 Å². The van der Waals surface area contributed by atoms with Crippen molar-refractivity contribution in [3.05, 3.63) is 51.2 Å². The Morgan fingerprint density at radius 1 is 1.45 bits per heavy atom. The van der Waals surface area contributed by atoms with E-state index in [1.807, 2.05) is 0 Å². The number of carbonyl (C=O) groups excluding carboxylic acids is 1. The fraction of sp³-hybridized carbons (Fsp3) is 0.143. The summed E-state index contributed by atoms with van der Waals surface area (Å²) in [6.45, 7) is 1.53. The molecule has 0 radical (unpaired) electrons. The van der Waals surface area contributed by atoms with Crippen LogP contribution in [0.25, 0.3) is 0 Å². The van der Waals surface area contributed by atoms with Gasteiger partial charge in [0, 0.05) is 5.56 Å². The molecule has 104 valence electrons. The lowest BCUT2D eigenvalue weighted by Crippen LogP contribution is -2.16. The molecule has 0 saturated carbocycles. The molecular weight excluding hydrogens is 276 g/mol. The van der Waals surface area contributed by atoms with E-state index in [1.165, 1.54) is 17.6 Å². The van der Waals surface area contributed by atoms with Crippen molar-refractivity contribution in [2.24, 2.45) is 5.10 Å². The van der Waals surface area contributed by atoms with Crippen molar-refractivity contribution in [3.8, 4) is 5.75 Å². The Hall–Kier alpha value is -2.18. The number of carbonyl (C=O) groups is 1. The third kappa shape index (κ3) is 3.04. The molecule has 1 aromatic carbocycles. The summed E-state index contributed by atoms with van der Waals surface area (Å²) in [6, 6.07) is 6.89. The predicted octanol–water partition coefficient (Wildman–Crippen LogP) is 2.02. The number of nitrogens with zero attached hydrogens (tertiary/aromatic N) is 1. The first-order chi connectivity index (χ1) is 9.63. The number of aromatic hydroxyl groups is 1. The lowest BCUT2D eigenvalue weighted by Gasteiger charge is -2.07. The topological polar surface area (TPSA) is 81.9 Å². The minimum absolute atomic E-state index is 0.0469. The highest BCUT2D eigenvalue weighted by Gasteiger charge is 2.08. The molecule has 0 unspecified atom stereocenters. The van der Waals surface area contributed by atoms with Crippen LogP contribution in [0.5, 0.6) is 5.75 Å². The molecule has 6 heteroatoms. The number of hydrogen-bond acceptors (Lipinski definition) is 5. The Kier molecular flexibility index (Phi) is 4.49. The number of nitrogens with one attached hydrogen (secondary N) is 1. The fourth-order valence-corrected chi connectivity index (χ4v) is 2.27. The molecule has 1 heterocycles. The third-order valence-corrected chi connectivity index (χ3v) is 3.65. The molecule has 0 atom stereocenters. The summed E-state index contributed by atoms with van der Waals surface area (Å²) in [4.78, 5) is 12.2. The van der Waals surface area contributed by atoms with E-state index in [9.17, 15) is 15.0 Å². The molecule has 1 aromatic heterocycles. The lowest BCUT2D eigenvalue weighted by molar-refractivity contribution is 0.0959. The van der Waals surface area contributed by atoms with E-state index in [4.69, 9.17) is 0 Å². The van der Waals surface area contributed by atoms with Crippen molar-refractivity contribution in [2.75, 3.05) is 0 Å². The SMILES string of the molecule is Cc1ccc(CO)c(/C=N\NC(=O)c2cccs2)c1O. The van der Waals surface area contributed by atoms with Crippen molar-refractivity contribution in [1.29, 1.82) is 0 Å². The van der Waals surface area contributed by atoms with Crippen LogP contribution in [0.1, 0.15) is 26.4 Å². The Bertz CT molecular complexity index is 636. The highest BCUT2D eigenvalue weighted by molar-refractivity contribution is 7.12. The summed E-state index contributed by atoms with van der Waals surface area (Å²) in [5, 5.41) is 24.8. The van der Waals surface area contributed by atoms with Gasteiger partial charge in [0.25, 0.3) is 5.91 Å². The van der Waals surface area contributed by atoms with Crippen molar-refractivity contribution >= 4 is 23.5 Å². The number of thiophene rings is 1. The number of phenolic OH excluding ortho intramolecular Hbond substituents is 1. The summed E-state index contributed by atoms with van der Waals surface area (Å²) >= 11 is 1.32. The number of aliphatic hydroxyl groups is 1. The zero-order valence-corrected chi connectivity index (χ0v) is 11.6. The van der Waals surface area contributed by atoms with Crippen molar-refractivity contribution in [2.45, 2.75) is 13.5 Å². The van der Waals surface area contributed by atoms with Gasteiger partial charge in [0.2, 0.25) is 0 Å². The van der Waals surface area contributed by atoms with Crippen molar-refractivity contribution in [3.63, 3.8) is 0 Å². The van der Waals surface area contributed by atoms with Gasteiger partial charge in [-0.1, -0.05) is 18.2 Å².